The Morgan fingerprint density at radius 1 is 1.50 bits per heavy atom. The maximum atomic E-state index is 13.1. The van der Waals surface area contributed by atoms with Crippen LogP contribution in [0.4, 0.5) is 10.1 Å². The summed E-state index contributed by atoms with van der Waals surface area (Å²) in [6.45, 7) is 3.98. The smallest absolute Gasteiger partial charge is 0.251 e. The number of carbonyl (C=O) groups is 2. The minimum Gasteiger partial charge on any atom is -0.302 e. The number of hydrogen-bond acceptors (Lipinski definition) is 3. The molecule has 5 heteroatoms. The molecule has 1 aliphatic heterocycles. The summed E-state index contributed by atoms with van der Waals surface area (Å²) in [5.41, 5.74) is 0.271. The van der Waals surface area contributed by atoms with Gasteiger partial charge in [-0.3, -0.25) is 9.59 Å². The zero-order valence-electron chi connectivity index (χ0n) is 9.73. The van der Waals surface area contributed by atoms with Gasteiger partial charge in [0.1, 0.15) is 5.82 Å². The van der Waals surface area contributed by atoms with Crippen LogP contribution < -0.4 is 10.2 Å². The second-order valence-electron chi connectivity index (χ2n) is 4.00. The molecule has 4 nitrogen and oxygen atoms in total. The molecule has 2 rings (SSSR count). The number of nitrogens with one attached hydrogen (secondary N) is 1. The number of carbonyl (C=O) groups excluding carboxylic acids is 2. The topological polar surface area (TPSA) is 49.4 Å². The van der Waals surface area contributed by atoms with Crippen LogP contribution in [-0.2, 0) is 9.59 Å². The van der Waals surface area contributed by atoms with E-state index >= 15 is 0 Å². The molecule has 0 bridgehead atoms. The van der Waals surface area contributed by atoms with Crippen molar-refractivity contribution in [3.05, 3.63) is 42.7 Å². The summed E-state index contributed by atoms with van der Waals surface area (Å²) in [5, 5.41) is 2.90. The summed E-state index contributed by atoms with van der Waals surface area (Å²) in [5.74, 6) is -1.16. The molecule has 1 saturated heterocycles. The standard InChI is InChI=1S/C13H13FN2O2/c1-2-6-15-11-8-12(17)16(13(11)18)10-5-3-4-9(14)7-10/h2-5,7,11,15H,1,6,8H2. The van der Waals surface area contributed by atoms with Crippen molar-refractivity contribution >= 4 is 17.5 Å². The molecule has 0 aliphatic carbocycles. The Labute approximate surface area is 104 Å². The quantitative estimate of drug-likeness (QED) is 0.644. The third-order valence-electron chi connectivity index (χ3n) is 2.72. The van der Waals surface area contributed by atoms with Crippen molar-refractivity contribution in [2.45, 2.75) is 12.5 Å². The molecular weight excluding hydrogens is 235 g/mol. The number of rotatable bonds is 4. The van der Waals surface area contributed by atoms with Gasteiger partial charge in [-0.1, -0.05) is 12.1 Å². The van der Waals surface area contributed by atoms with Crippen LogP contribution in [-0.4, -0.2) is 24.4 Å². The molecular formula is C13H13FN2O2. The van der Waals surface area contributed by atoms with E-state index in [1.165, 1.54) is 24.3 Å². The van der Waals surface area contributed by atoms with Gasteiger partial charge >= 0.3 is 0 Å². The first-order valence-electron chi connectivity index (χ1n) is 5.60. The van der Waals surface area contributed by atoms with Crippen molar-refractivity contribution in [1.29, 1.82) is 0 Å². The van der Waals surface area contributed by atoms with Crippen LogP contribution in [0.3, 0.4) is 0 Å². The Balaban J connectivity index is 2.21. The minimum atomic E-state index is -0.557. The highest BCUT2D eigenvalue weighted by atomic mass is 19.1. The second kappa shape index (κ2) is 5.10. The predicted molar refractivity (Wildman–Crippen MR) is 65.5 cm³/mol. The first-order valence-corrected chi connectivity index (χ1v) is 5.60. The first-order chi connectivity index (χ1) is 8.63. The van der Waals surface area contributed by atoms with Gasteiger partial charge in [0.2, 0.25) is 5.91 Å². The molecule has 1 heterocycles. The average molecular weight is 248 g/mol. The maximum Gasteiger partial charge on any atom is 0.251 e. The third kappa shape index (κ3) is 2.31. The minimum absolute atomic E-state index is 0.0865. The van der Waals surface area contributed by atoms with Gasteiger partial charge in [0.15, 0.2) is 0 Å². The molecule has 18 heavy (non-hydrogen) atoms. The zero-order valence-corrected chi connectivity index (χ0v) is 9.73. The van der Waals surface area contributed by atoms with Crippen LogP contribution >= 0.6 is 0 Å². The Morgan fingerprint density at radius 2 is 2.28 bits per heavy atom. The summed E-state index contributed by atoms with van der Waals surface area (Å²) in [6.07, 6.45) is 1.70. The van der Waals surface area contributed by atoms with Crippen molar-refractivity contribution in [3.63, 3.8) is 0 Å². The highest BCUT2D eigenvalue weighted by molar-refractivity contribution is 6.22. The molecule has 2 amide bonds. The number of benzene rings is 1. The predicted octanol–water partition coefficient (Wildman–Crippen LogP) is 1.23. The fraction of sp³-hybridized carbons (Fsp3) is 0.231. The van der Waals surface area contributed by atoms with Crippen molar-refractivity contribution in [2.24, 2.45) is 0 Å². The lowest BCUT2D eigenvalue weighted by atomic mass is 10.2. The second-order valence-corrected chi connectivity index (χ2v) is 4.00. The van der Waals surface area contributed by atoms with Gasteiger partial charge in [0.05, 0.1) is 18.2 Å². The molecule has 0 saturated carbocycles. The SMILES string of the molecule is C=CCNC1CC(=O)N(c2cccc(F)c2)C1=O. The number of anilines is 1. The van der Waals surface area contributed by atoms with E-state index in [-0.39, 0.29) is 23.9 Å². The van der Waals surface area contributed by atoms with E-state index in [0.717, 1.165) is 4.90 Å². The first kappa shape index (κ1) is 12.4. The molecule has 0 aromatic heterocycles. The third-order valence-corrected chi connectivity index (χ3v) is 2.72. The summed E-state index contributed by atoms with van der Waals surface area (Å²) >= 11 is 0. The van der Waals surface area contributed by atoms with Crippen LogP contribution in [0.25, 0.3) is 0 Å². The van der Waals surface area contributed by atoms with E-state index in [2.05, 4.69) is 11.9 Å². The molecule has 1 unspecified atom stereocenters. The Kier molecular flexibility index (Phi) is 3.53. The van der Waals surface area contributed by atoms with Crippen LogP contribution in [0.15, 0.2) is 36.9 Å². The Morgan fingerprint density at radius 3 is 2.94 bits per heavy atom. The number of hydrogen-bond donors (Lipinski definition) is 1. The van der Waals surface area contributed by atoms with E-state index in [1.807, 2.05) is 0 Å². The Bertz CT molecular complexity index is 502. The molecule has 1 N–H and O–H groups in total. The lowest BCUT2D eigenvalue weighted by Crippen LogP contribution is -2.38. The monoisotopic (exact) mass is 248 g/mol. The van der Waals surface area contributed by atoms with Gasteiger partial charge in [-0.25, -0.2) is 9.29 Å². The highest BCUT2D eigenvalue weighted by Crippen LogP contribution is 2.23. The molecule has 0 radical (unpaired) electrons. The molecule has 1 atom stereocenters. The molecule has 0 spiro atoms. The van der Waals surface area contributed by atoms with Crippen LogP contribution in [0.2, 0.25) is 0 Å². The van der Waals surface area contributed by atoms with Gasteiger partial charge in [0.25, 0.3) is 5.91 Å². The van der Waals surface area contributed by atoms with Gasteiger partial charge in [0, 0.05) is 6.54 Å². The van der Waals surface area contributed by atoms with Gasteiger partial charge in [-0.15, -0.1) is 6.58 Å². The van der Waals surface area contributed by atoms with Crippen molar-refractivity contribution < 1.29 is 14.0 Å². The lowest BCUT2D eigenvalue weighted by molar-refractivity contribution is -0.121. The van der Waals surface area contributed by atoms with Gasteiger partial charge < -0.3 is 5.32 Å². The van der Waals surface area contributed by atoms with Crippen molar-refractivity contribution in [3.8, 4) is 0 Å². The number of nitrogens with zero attached hydrogens (tertiary/aromatic N) is 1. The van der Waals surface area contributed by atoms with Gasteiger partial charge in [-0.2, -0.15) is 0 Å². The van der Waals surface area contributed by atoms with Gasteiger partial charge in [-0.05, 0) is 18.2 Å². The van der Waals surface area contributed by atoms with E-state index in [9.17, 15) is 14.0 Å². The molecule has 94 valence electrons. The van der Waals surface area contributed by atoms with E-state index < -0.39 is 11.9 Å². The van der Waals surface area contributed by atoms with E-state index in [4.69, 9.17) is 0 Å². The van der Waals surface area contributed by atoms with E-state index in [0.29, 0.717) is 6.54 Å². The normalized spacial score (nSPS) is 19.4. The maximum absolute atomic E-state index is 13.1. The lowest BCUT2D eigenvalue weighted by Gasteiger charge is -2.15. The fourth-order valence-electron chi connectivity index (χ4n) is 1.90. The largest absolute Gasteiger partial charge is 0.302 e. The highest BCUT2D eigenvalue weighted by Gasteiger charge is 2.39. The van der Waals surface area contributed by atoms with Crippen LogP contribution in [0, 0.1) is 5.82 Å². The summed E-state index contributed by atoms with van der Waals surface area (Å²) in [7, 11) is 0. The number of imide groups is 1. The average Bonchev–Trinajstić information content (AvgIpc) is 2.62. The summed E-state index contributed by atoms with van der Waals surface area (Å²) in [4.78, 5) is 24.8. The van der Waals surface area contributed by atoms with Crippen molar-refractivity contribution in [1.82, 2.24) is 5.32 Å². The number of halogens is 1. The van der Waals surface area contributed by atoms with E-state index in [1.54, 1.807) is 6.08 Å². The Hall–Kier alpha value is -2.01. The van der Waals surface area contributed by atoms with Crippen LogP contribution in [0.5, 0.6) is 0 Å². The fourth-order valence-corrected chi connectivity index (χ4v) is 1.90. The molecule has 1 aliphatic rings. The molecule has 1 aromatic carbocycles. The zero-order chi connectivity index (χ0) is 13.1. The summed E-state index contributed by atoms with van der Waals surface area (Å²) in [6, 6.07) is 4.89. The number of amides is 2. The van der Waals surface area contributed by atoms with Crippen LogP contribution in [0.1, 0.15) is 6.42 Å². The summed E-state index contributed by atoms with van der Waals surface area (Å²) < 4.78 is 13.1. The van der Waals surface area contributed by atoms with Crippen molar-refractivity contribution in [2.75, 3.05) is 11.4 Å². The molecule has 1 aromatic rings. The molecule has 1 fully saturated rings.